The largest absolute Gasteiger partial charge is 0.454 e. The molecule has 8 nitrogen and oxygen atoms in total. The quantitative estimate of drug-likeness (QED) is 0.791. The Morgan fingerprint density at radius 1 is 1.29 bits per heavy atom. The zero-order valence-electron chi connectivity index (χ0n) is 13.7. The number of fused-ring (bicyclic) bond motifs is 2. The second kappa shape index (κ2) is 5.26. The lowest BCUT2D eigenvalue weighted by Crippen LogP contribution is -2.24. The third kappa shape index (κ3) is 2.10. The predicted molar refractivity (Wildman–Crippen MR) is 89.0 cm³/mol. The van der Waals surface area contributed by atoms with Crippen LogP contribution in [0.2, 0.25) is 0 Å². The van der Waals surface area contributed by atoms with Crippen molar-refractivity contribution >= 4 is 22.7 Å². The lowest BCUT2D eigenvalue weighted by atomic mass is 10.3. The smallest absolute Gasteiger partial charge is 0.281 e. The molecule has 24 heavy (non-hydrogen) atoms. The van der Waals surface area contributed by atoms with Crippen molar-refractivity contribution in [1.29, 1.82) is 0 Å². The van der Waals surface area contributed by atoms with Gasteiger partial charge in [0.25, 0.3) is 5.56 Å². The summed E-state index contributed by atoms with van der Waals surface area (Å²) in [5.74, 6) is 1.86. The Hall–Kier alpha value is -3.03. The topological polar surface area (TPSA) is 83.2 Å². The number of hydrogen-bond donors (Lipinski definition) is 1. The Kier molecular flexibility index (Phi) is 3.19. The first kappa shape index (κ1) is 14.6. The van der Waals surface area contributed by atoms with Crippen LogP contribution >= 0.6 is 0 Å². The molecule has 1 aliphatic rings. The molecule has 4 rings (SSSR count). The molecule has 0 saturated carbocycles. The van der Waals surface area contributed by atoms with E-state index in [-0.39, 0.29) is 12.4 Å². The van der Waals surface area contributed by atoms with Crippen LogP contribution in [0.4, 0.5) is 11.6 Å². The summed E-state index contributed by atoms with van der Waals surface area (Å²) in [6.45, 7) is 4.47. The number of rotatable bonds is 3. The van der Waals surface area contributed by atoms with Crippen molar-refractivity contribution in [1.82, 2.24) is 19.3 Å². The molecule has 0 bridgehead atoms. The SMILES string of the molecule is CCn1c(Nc2ccc3c(c2)OCO3)nc2c(C)nn(C)c2c1=O. The Balaban J connectivity index is 1.84. The molecule has 0 aliphatic carbocycles. The first-order chi connectivity index (χ1) is 11.6. The zero-order chi connectivity index (χ0) is 16.8. The first-order valence-corrected chi connectivity index (χ1v) is 7.69. The molecule has 0 fully saturated rings. The van der Waals surface area contributed by atoms with Crippen molar-refractivity contribution in [2.24, 2.45) is 7.05 Å². The van der Waals surface area contributed by atoms with Gasteiger partial charge >= 0.3 is 0 Å². The summed E-state index contributed by atoms with van der Waals surface area (Å²) in [5.41, 5.74) is 2.49. The summed E-state index contributed by atoms with van der Waals surface area (Å²) in [4.78, 5) is 17.4. The summed E-state index contributed by atoms with van der Waals surface area (Å²) in [7, 11) is 1.75. The van der Waals surface area contributed by atoms with Gasteiger partial charge in [0.05, 0.1) is 5.69 Å². The van der Waals surface area contributed by atoms with Crippen LogP contribution in [0.1, 0.15) is 12.6 Å². The highest BCUT2D eigenvalue weighted by Gasteiger charge is 2.18. The van der Waals surface area contributed by atoms with Crippen molar-refractivity contribution < 1.29 is 9.47 Å². The molecule has 3 aromatic rings. The summed E-state index contributed by atoms with van der Waals surface area (Å²) in [6, 6.07) is 5.52. The molecule has 0 atom stereocenters. The van der Waals surface area contributed by atoms with E-state index in [2.05, 4.69) is 15.4 Å². The fourth-order valence-corrected chi connectivity index (χ4v) is 2.90. The van der Waals surface area contributed by atoms with Crippen LogP contribution in [0, 0.1) is 6.92 Å². The number of benzene rings is 1. The summed E-state index contributed by atoms with van der Waals surface area (Å²) >= 11 is 0. The summed E-state index contributed by atoms with van der Waals surface area (Å²) in [6.07, 6.45) is 0. The minimum Gasteiger partial charge on any atom is -0.454 e. The van der Waals surface area contributed by atoms with E-state index >= 15 is 0 Å². The number of anilines is 2. The number of nitrogens with zero attached hydrogens (tertiary/aromatic N) is 4. The number of aryl methyl sites for hydroxylation is 2. The first-order valence-electron chi connectivity index (χ1n) is 7.69. The van der Waals surface area contributed by atoms with E-state index in [4.69, 9.17) is 9.47 Å². The molecular formula is C16H17N5O3. The molecule has 124 valence electrons. The molecular weight excluding hydrogens is 310 g/mol. The third-order valence-corrected chi connectivity index (χ3v) is 4.06. The number of hydrogen-bond acceptors (Lipinski definition) is 6. The highest BCUT2D eigenvalue weighted by atomic mass is 16.7. The van der Waals surface area contributed by atoms with Crippen molar-refractivity contribution in [3.63, 3.8) is 0 Å². The minimum atomic E-state index is -0.117. The molecule has 8 heteroatoms. The number of aromatic nitrogens is 4. The highest BCUT2D eigenvalue weighted by Crippen LogP contribution is 2.35. The standard InChI is InChI=1S/C16H17N5O3/c1-4-21-15(22)14-13(9(2)19-20(14)3)18-16(21)17-10-5-6-11-12(7-10)24-8-23-11/h5-7H,4,8H2,1-3H3,(H,17,18). The lowest BCUT2D eigenvalue weighted by molar-refractivity contribution is 0.174. The average Bonchev–Trinajstić information content (AvgIpc) is 3.12. The van der Waals surface area contributed by atoms with Gasteiger partial charge in [-0.3, -0.25) is 14.0 Å². The fraction of sp³-hybridized carbons (Fsp3) is 0.312. The Morgan fingerprint density at radius 3 is 2.88 bits per heavy atom. The molecule has 2 aromatic heterocycles. The van der Waals surface area contributed by atoms with Crippen LogP contribution in [-0.4, -0.2) is 26.1 Å². The number of ether oxygens (including phenoxy) is 2. The van der Waals surface area contributed by atoms with E-state index in [1.807, 2.05) is 32.0 Å². The van der Waals surface area contributed by atoms with E-state index < -0.39 is 0 Å². The summed E-state index contributed by atoms with van der Waals surface area (Å²) in [5, 5.41) is 7.50. The molecule has 0 amide bonds. The highest BCUT2D eigenvalue weighted by molar-refractivity contribution is 5.78. The van der Waals surface area contributed by atoms with Crippen LogP contribution in [0.15, 0.2) is 23.0 Å². The molecule has 0 radical (unpaired) electrons. The van der Waals surface area contributed by atoms with Gasteiger partial charge in [0.1, 0.15) is 5.52 Å². The van der Waals surface area contributed by atoms with E-state index in [1.165, 1.54) is 0 Å². The lowest BCUT2D eigenvalue weighted by Gasteiger charge is -2.13. The van der Waals surface area contributed by atoms with Gasteiger partial charge in [0.15, 0.2) is 17.0 Å². The molecule has 1 aliphatic heterocycles. The van der Waals surface area contributed by atoms with Gasteiger partial charge in [-0.2, -0.15) is 5.10 Å². The average molecular weight is 327 g/mol. The fourth-order valence-electron chi connectivity index (χ4n) is 2.90. The second-order valence-electron chi connectivity index (χ2n) is 5.58. The van der Waals surface area contributed by atoms with Crippen LogP contribution < -0.4 is 20.3 Å². The molecule has 3 heterocycles. The van der Waals surface area contributed by atoms with Crippen LogP contribution in [-0.2, 0) is 13.6 Å². The maximum atomic E-state index is 12.8. The summed E-state index contributed by atoms with van der Waals surface area (Å²) < 4.78 is 13.9. The third-order valence-electron chi connectivity index (χ3n) is 4.06. The molecule has 0 saturated heterocycles. The van der Waals surface area contributed by atoms with E-state index in [1.54, 1.807) is 16.3 Å². The van der Waals surface area contributed by atoms with Crippen molar-refractivity contribution in [2.75, 3.05) is 12.1 Å². The van der Waals surface area contributed by atoms with E-state index in [9.17, 15) is 4.79 Å². The van der Waals surface area contributed by atoms with Crippen LogP contribution in [0.5, 0.6) is 11.5 Å². The van der Waals surface area contributed by atoms with Gasteiger partial charge in [-0.05, 0) is 26.0 Å². The minimum absolute atomic E-state index is 0.117. The van der Waals surface area contributed by atoms with Crippen molar-refractivity contribution in [2.45, 2.75) is 20.4 Å². The van der Waals surface area contributed by atoms with Crippen molar-refractivity contribution in [3.8, 4) is 11.5 Å². The molecule has 1 aromatic carbocycles. The van der Waals surface area contributed by atoms with E-state index in [0.717, 1.165) is 11.4 Å². The second-order valence-corrected chi connectivity index (χ2v) is 5.58. The maximum absolute atomic E-state index is 12.8. The Labute approximate surface area is 137 Å². The van der Waals surface area contributed by atoms with Gasteiger partial charge in [-0.15, -0.1) is 0 Å². The molecule has 0 spiro atoms. The van der Waals surface area contributed by atoms with Gasteiger partial charge < -0.3 is 14.8 Å². The van der Waals surface area contributed by atoms with Gasteiger partial charge in [-0.1, -0.05) is 0 Å². The van der Waals surface area contributed by atoms with Crippen LogP contribution in [0.25, 0.3) is 11.0 Å². The Morgan fingerprint density at radius 2 is 2.08 bits per heavy atom. The van der Waals surface area contributed by atoms with Gasteiger partial charge in [0.2, 0.25) is 12.7 Å². The maximum Gasteiger partial charge on any atom is 0.281 e. The van der Waals surface area contributed by atoms with Crippen LogP contribution in [0.3, 0.4) is 0 Å². The van der Waals surface area contributed by atoms with Gasteiger partial charge in [-0.25, -0.2) is 4.98 Å². The zero-order valence-corrected chi connectivity index (χ0v) is 13.7. The molecule has 1 N–H and O–H groups in total. The number of nitrogens with one attached hydrogen (secondary N) is 1. The molecule has 0 unspecified atom stereocenters. The normalized spacial score (nSPS) is 12.8. The predicted octanol–water partition coefficient (Wildman–Crippen LogP) is 1.93. The van der Waals surface area contributed by atoms with Gasteiger partial charge in [0, 0.05) is 25.3 Å². The Bertz CT molecular complexity index is 1010. The van der Waals surface area contributed by atoms with E-state index in [0.29, 0.717) is 35.0 Å². The monoisotopic (exact) mass is 327 g/mol. The van der Waals surface area contributed by atoms with Crippen molar-refractivity contribution in [3.05, 3.63) is 34.2 Å².